The Balaban J connectivity index is 2.16. The van der Waals surface area contributed by atoms with Gasteiger partial charge in [-0.1, -0.05) is 18.5 Å². The molecule has 2 aromatic rings. The number of hydrogen-bond acceptors (Lipinski definition) is 6. The molecule has 0 amide bonds. The minimum atomic E-state index is 0.497. The Bertz CT molecular complexity index is 546. The molecule has 19 heavy (non-hydrogen) atoms. The fourth-order valence-electron chi connectivity index (χ4n) is 1.26. The Morgan fingerprint density at radius 1 is 1.21 bits per heavy atom. The van der Waals surface area contributed by atoms with Crippen molar-refractivity contribution < 1.29 is 0 Å². The molecule has 2 heterocycles. The van der Waals surface area contributed by atoms with Crippen molar-refractivity contribution in [2.24, 2.45) is 0 Å². The number of halogens is 1. The number of aryl methyl sites for hydroxylation is 1. The Morgan fingerprint density at radius 2 is 1.95 bits per heavy atom. The van der Waals surface area contributed by atoms with E-state index in [9.17, 15) is 0 Å². The van der Waals surface area contributed by atoms with E-state index in [-0.39, 0.29) is 0 Å². The summed E-state index contributed by atoms with van der Waals surface area (Å²) in [5.41, 5.74) is 1.02. The van der Waals surface area contributed by atoms with E-state index < -0.39 is 0 Å². The molecular formula is C12H14ClN5S. The average Bonchev–Trinajstić information content (AvgIpc) is 2.42. The summed E-state index contributed by atoms with van der Waals surface area (Å²) in [4.78, 5) is 16.9. The Hall–Kier alpha value is -1.40. The van der Waals surface area contributed by atoms with Crippen molar-refractivity contribution in [2.45, 2.75) is 30.5 Å². The van der Waals surface area contributed by atoms with Crippen LogP contribution in [0.3, 0.4) is 0 Å². The summed E-state index contributed by atoms with van der Waals surface area (Å²) in [6.45, 7) is 4.85. The molecule has 0 saturated heterocycles. The topological polar surface area (TPSA) is 63.6 Å². The first kappa shape index (κ1) is 14.0. The maximum absolute atomic E-state index is 6.08. The van der Waals surface area contributed by atoms with Crippen molar-refractivity contribution in [1.29, 1.82) is 0 Å². The van der Waals surface area contributed by atoms with Gasteiger partial charge in [-0.15, -0.1) is 0 Å². The largest absolute Gasteiger partial charge is 0.354 e. The summed E-state index contributed by atoms with van der Waals surface area (Å²) in [5.74, 6) is 0.570. The second kappa shape index (κ2) is 6.68. The fraction of sp³-hybridized carbons (Fsp3) is 0.333. The van der Waals surface area contributed by atoms with Gasteiger partial charge in [0.25, 0.3) is 0 Å². The van der Waals surface area contributed by atoms with Crippen LogP contribution >= 0.6 is 23.4 Å². The minimum Gasteiger partial charge on any atom is -0.354 e. The standard InChI is InChI=1S/C12H14ClN5S/c1-3-4-14-11-15-7-9(13)10(18-11)19-12-16-5-8(2)6-17-12/h5-7H,3-4H2,1-2H3,(H,14,15,18). The number of anilines is 1. The second-order valence-electron chi connectivity index (χ2n) is 3.92. The van der Waals surface area contributed by atoms with Gasteiger partial charge in [0.1, 0.15) is 5.03 Å². The van der Waals surface area contributed by atoms with Gasteiger partial charge in [0.15, 0.2) is 5.16 Å². The van der Waals surface area contributed by atoms with Gasteiger partial charge in [-0.05, 0) is 30.7 Å². The van der Waals surface area contributed by atoms with Gasteiger partial charge >= 0.3 is 0 Å². The van der Waals surface area contributed by atoms with Crippen LogP contribution in [-0.2, 0) is 0 Å². The molecule has 0 bridgehead atoms. The first-order valence-electron chi connectivity index (χ1n) is 5.92. The van der Waals surface area contributed by atoms with Crippen LogP contribution in [0.15, 0.2) is 28.8 Å². The summed E-state index contributed by atoms with van der Waals surface area (Å²) in [6, 6.07) is 0. The molecule has 0 atom stereocenters. The summed E-state index contributed by atoms with van der Waals surface area (Å²) >= 11 is 7.41. The molecule has 2 rings (SSSR count). The first-order valence-corrected chi connectivity index (χ1v) is 7.11. The number of nitrogens with one attached hydrogen (secondary N) is 1. The maximum atomic E-state index is 6.08. The Morgan fingerprint density at radius 3 is 2.63 bits per heavy atom. The quantitative estimate of drug-likeness (QED) is 0.675. The van der Waals surface area contributed by atoms with Crippen molar-refractivity contribution in [2.75, 3.05) is 11.9 Å². The van der Waals surface area contributed by atoms with E-state index in [2.05, 4.69) is 32.2 Å². The lowest BCUT2D eigenvalue weighted by atomic mass is 10.4. The summed E-state index contributed by atoms with van der Waals surface area (Å²) < 4.78 is 0. The zero-order valence-electron chi connectivity index (χ0n) is 10.7. The van der Waals surface area contributed by atoms with Gasteiger partial charge in [0, 0.05) is 18.9 Å². The number of nitrogens with zero attached hydrogens (tertiary/aromatic N) is 4. The van der Waals surface area contributed by atoms with Crippen molar-refractivity contribution >= 4 is 29.3 Å². The lowest BCUT2D eigenvalue weighted by Crippen LogP contribution is -2.04. The van der Waals surface area contributed by atoms with Crippen molar-refractivity contribution in [3.8, 4) is 0 Å². The molecule has 2 aromatic heterocycles. The van der Waals surface area contributed by atoms with Gasteiger partial charge in [-0.25, -0.2) is 19.9 Å². The SMILES string of the molecule is CCCNc1ncc(Cl)c(Sc2ncc(C)cn2)n1. The van der Waals surface area contributed by atoms with Crippen LogP contribution in [0.25, 0.3) is 0 Å². The van der Waals surface area contributed by atoms with Gasteiger partial charge in [-0.3, -0.25) is 0 Å². The van der Waals surface area contributed by atoms with E-state index in [1.807, 2.05) is 6.92 Å². The Labute approximate surface area is 121 Å². The first-order chi connectivity index (χ1) is 9.19. The lowest BCUT2D eigenvalue weighted by Gasteiger charge is -2.06. The summed E-state index contributed by atoms with van der Waals surface area (Å²) in [7, 11) is 0. The Kier molecular flexibility index (Phi) is 4.93. The molecule has 0 fully saturated rings. The molecule has 0 aliphatic rings. The minimum absolute atomic E-state index is 0.497. The monoisotopic (exact) mass is 295 g/mol. The van der Waals surface area contributed by atoms with Crippen LogP contribution in [0.5, 0.6) is 0 Å². The average molecular weight is 296 g/mol. The molecule has 100 valence electrons. The van der Waals surface area contributed by atoms with E-state index in [0.29, 0.717) is 21.2 Å². The molecule has 0 aromatic carbocycles. The molecule has 0 aliphatic carbocycles. The van der Waals surface area contributed by atoms with Crippen LogP contribution < -0.4 is 5.32 Å². The molecule has 0 radical (unpaired) electrons. The van der Waals surface area contributed by atoms with E-state index in [1.165, 1.54) is 11.8 Å². The highest BCUT2D eigenvalue weighted by Gasteiger charge is 2.09. The number of rotatable bonds is 5. The molecule has 5 nitrogen and oxygen atoms in total. The molecule has 7 heteroatoms. The highest BCUT2D eigenvalue weighted by Crippen LogP contribution is 2.29. The normalized spacial score (nSPS) is 10.5. The van der Waals surface area contributed by atoms with Gasteiger partial charge in [0.2, 0.25) is 5.95 Å². The van der Waals surface area contributed by atoms with Gasteiger partial charge < -0.3 is 5.32 Å². The zero-order valence-corrected chi connectivity index (χ0v) is 12.3. The third kappa shape index (κ3) is 4.04. The van der Waals surface area contributed by atoms with Crippen LogP contribution in [0.4, 0.5) is 5.95 Å². The molecule has 0 saturated carbocycles. The smallest absolute Gasteiger partial charge is 0.223 e. The molecular weight excluding hydrogens is 282 g/mol. The van der Waals surface area contributed by atoms with Crippen LogP contribution in [0.2, 0.25) is 5.02 Å². The highest BCUT2D eigenvalue weighted by atomic mass is 35.5. The second-order valence-corrected chi connectivity index (χ2v) is 5.28. The molecule has 1 N–H and O–H groups in total. The van der Waals surface area contributed by atoms with Crippen LogP contribution in [0.1, 0.15) is 18.9 Å². The van der Waals surface area contributed by atoms with Gasteiger partial charge in [-0.2, -0.15) is 0 Å². The van der Waals surface area contributed by atoms with Crippen molar-refractivity contribution in [3.63, 3.8) is 0 Å². The van der Waals surface area contributed by atoms with Crippen LogP contribution in [-0.4, -0.2) is 26.5 Å². The van der Waals surface area contributed by atoms with E-state index in [1.54, 1.807) is 18.6 Å². The van der Waals surface area contributed by atoms with E-state index in [0.717, 1.165) is 18.5 Å². The predicted octanol–water partition coefficient (Wildman–Crippen LogP) is 3.20. The summed E-state index contributed by atoms with van der Waals surface area (Å²) in [5, 5.41) is 4.89. The highest BCUT2D eigenvalue weighted by molar-refractivity contribution is 7.99. The molecule has 0 spiro atoms. The molecule has 0 unspecified atom stereocenters. The lowest BCUT2D eigenvalue weighted by molar-refractivity contribution is 0.924. The third-order valence-corrected chi connectivity index (χ3v) is 3.48. The van der Waals surface area contributed by atoms with Crippen LogP contribution in [0, 0.1) is 6.92 Å². The van der Waals surface area contributed by atoms with Gasteiger partial charge in [0.05, 0.1) is 11.2 Å². The predicted molar refractivity (Wildman–Crippen MR) is 76.7 cm³/mol. The summed E-state index contributed by atoms with van der Waals surface area (Å²) in [6.07, 6.45) is 6.12. The number of hydrogen-bond donors (Lipinski definition) is 1. The zero-order chi connectivity index (χ0) is 13.7. The third-order valence-electron chi connectivity index (χ3n) is 2.19. The number of aromatic nitrogens is 4. The maximum Gasteiger partial charge on any atom is 0.223 e. The fourth-order valence-corrected chi connectivity index (χ4v) is 2.14. The van der Waals surface area contributed by atoms with Crippen molar-refractivity contribution in [1.82, 2.24) is 19.9 Å². The molecule has 0 aliphatic heterocycles. The van der Waals surface area contributed by atoms with E-state index >= 15 is 0 Å². The van der Waals surface area contributed by atoms with E-state index in [4.69, 9.17) is 11.6 Å². The van der Waals surface area contributed by atoms with Crippen molar-refractivity contribution in [3.05, 3.63) is 29.2 Å².